The molecular weight excluding hydrogens is 292 g/mol. The van der Waals surface area contributed by atoms with Crippen LogP contribution in [0.1, 0.15) is 40.1 Å². The van der Waals surface area contributed by atoms with Crippen molar-refractivity contribution in [3.8, 4) is 0 Å². The number of carbonyl (C=O) groups excluding carboxylic acids is 1. The van der Waals surface area contributed by atoms with Crippen LogP contribution in [0.5, 0.6) is 0 Å². The van der Waals surface area contributed by atoms with Gasteiger partial charge in [-0.2, -0.15) is 0 Å². The van der Waals surface area contributed by atoms with Gasteiger partial charge in [-0.05, 0) is 31.0 Å². The summed E-state index contributed by atoms with van der Waals surface area (Å²) < 4.78 is 0. The molecule has 0 spiro atoms. The number of hydrazine groups is 1. The molecule has 2 aromatic rings. The van der Waals surface area contributed by atoms with E-state index in [1.807, 2.05) is 29.5 Å². The Bertz CT molecular complexity index is 681. The Labute approximate surface area is 134 Å². The van der Waals surface area contributed by atoms with Crippen molar-refractivity contribution in [2.24, 2.45) is 5.92 Å². The second-order valence-electron chi connectivity index (χ2n) is 6.36. The highest BCUT2D eigenvalue weighted by atomic mass is 32.1. The molecule has 1 aromatic heterocycles. The lowest BCUT2D eigenvalue weighted by Crippen LogP contribution is -2.39. The highest BCUT2D eigenvalue weighted by Crippen LogP contribution is 2.42. The van der Waals surface area contributed by atoms with E-state index in [0.29, 0.717) is 18.1 Å². The predicted molar refractivity (Wildman–Crippen MR) is 88.8 cm³/mol. The van der Waals surface area contributed by atoms with Crippen molar-refractivity contribution in [2.75, 3.05) is 0 Å². The van der Waals surface area contributed by atoms with Gasteiger partial charge in [0, 0.05) is 28.1 Å². The van der Waals surface area contributed by atoms with Crippen molar-refractivity contribution in [3.05, 3.63) is 57.8 Å². The molecule has 22 heavy (non-hydrogen) atoms. The summed E-state index contributed by atoms with van der Waals surface area (Å²) in [6, 6.07) is 15.0. The Morgan fingerprint density at radius 2 is 1.91 bits per heavy atom. The zero-order chi connectivity index (χ0) is 15.1. The van der Waals surface area contributed by atoms with Crippen LogP contribution in [0.15, 0.2) is 42.5 Å². The summed E-state index contributed by atoms with van der Waals surface area (Å²) in [5.41, 5.74) is 7.93. The minimum Gasteiger partial charge on any atom is -0.299 e. The topological polar surface area (TPSA) is 41.1 Å². The van der Waals surface area contributed by atoms with Crippen LogP contribution in [-0.4, -0.2) is 11.8 Å². The van der Waals surface area contributed by atoms with Gasteiger partial charge >= 0.3 is 0 Å². The molecule has 2 aliphatic rings. The second kappa shape index (κ2) is 5.61. The first-order valence-electron chi connectivity index (χ1n) is 7.87. The molecule has 0 bridgehead atoms. The first-order valence-corrected chi connectivity index (χ1v) is 8.69. The number of carbonyl (C=O) groups is 1. The number of ketones is 1. The van der Waals surface area contributed by atoms with Crippen LogP contribution in [0.25, 0.3) is 0 Å². The van der Waals surface area contributed by atoms with E-state index in [9.17, 15) is 4.79 Å². The van der Waals surface area contributed by atoms with Crippen LogP contribution in [0.3, 0.4) is 0 Å². The third-order valence-corrected chi connectivity index (χ3v) is 6.06. The SMILES string of the molecule is Cc1ccc(C2CC(=O)C3C(C2)NNC3c2ccccc2)s1. The van der Waals surface area contributed by atoms with Gasteiger partial charge in [-0.1, -0.05) is 30.3 Å². The van der Waals surface area contributed by atoms with Crippen molar-refractivity contribution in [3.63, 3.8) is 0 Å². The van der Waals surface area contributed by atoms with Gasteiger partial charge in [0.25, 0.3) is 0 Å². The van der Waals surface area contributed by atoms with Gasteiger partial charge in [0.15, 0.2) is 0 Å². The molecule has 4 rings (SSSR count). The number of fused-ring (bicyclic) bond motifs is 1. The number of thiophene rings is 1. The van der Waals surface area contributed by atoms with Crippen LogP contribution >= 0.6 is 11.3 Å². The van der Waals surface area contributed by atoms with Crippen molar-refractivity contribution in [1.82, 2.24) is 10.9 Å². The molecule has 4 atom stereocenters. The minimum atomic E-state index is 0.0553. The van der Waals surface area contributed by atoms with E-state index in [1.165, 1.54) is 15.3 Å². The molecule has 1 aromatic carbocycles. The zero-order valence-corrected chi connectivity index (χ0v) is 13.4. The molecule has 2 fully saturated rings. The molecule has 1 aliphatic heterocycles. The van der Waals surface area contributed by atoms with Gasteiger partial charge in [-0.3, -0.25) is 10.2 Å². The Kier molecular flexibility index (Phi) is 3.60. The first-order chi connectivity index (χ1) is 10.7. The van der Waals surface area contributed by atoms with Crippen molar-refractivity contribution in [1.29, 1.82) is 0 Å². The Morgan fingerprint density at radius 3 is 2.64 bits per heavy atom. The molecule has 1 saturated heterocycles. The fraction of sp³-hybridized carbons (Fsp3) is 0.389. The lowest BCUT2D eigenvalue weighted by molar-refractivity contribution is -0.125. The predicted octanol–water partition coefficient (Wildman–Crippen LogP) is 3.34. The van der Waals surface area contributed by atoms with Crippen molar-refractivity contribution < 1.29 is 4.79 Å². The van der Waals surface area contributed by atoms with Crippen LogP contribution < -0.4 is 10.9 Å². The summed E-state index contributed by atoms with van der Waals surface area (Å²) in [5.74, 6) is 0.814. The summed E-state index contributed by atoms with van der Waals surface area (Å²) in [6.45, 7) is 2.13. The fourth-order valence-electron chi connectivity index (χ4n) is 3.83. The third kappa shape index (κ3) is 2.41. The largest absolute Gasteiger partial charge is 0.299 e. The van der Waals surface area contributed by atoms with Crippen LogP contribution in [0.2, 0.25) is 0 Å². The van der Waals surface area contributed by atoms with Gasteiger partial charge < -0.3 is 0 Å². The number of aryl methyl sites for hydroxylation is 1. The van der Waals surface area contributed by atoms with E-state index in [2.05, 4.69) is 42.0 Å². The molecular formula is C18H20N2OS. The summed E-state index contributed by atoms with van der Waals surface area (Å²) in [4.78, 5) is 15.5. The van der Waals surface area contributed by atoms with E-state index in [1.54, 1.807) is 0 Å². The molecule has 3 nitrogen and oxygen atoms in total. The molecule has 4 heteroatoms. The van der Waals surface area contributed by atoms with Crippen LogP contribution in [-0.2, 0) is 4.79 Å². The Hall–Kier alpha value is -1.49. The molecule has 1 aliphatic carbocycles. The van der Waals surface area contributed by atoms with Gasteiger partial charge in [0.05, 0.1) is 12.0 Å². The Morgan fingerprint density at radius 1 is 1.09 bits per heavy atom. The Balaban J connectivity index is 1.57. The molecule has 2 N–H and O–H groups in total. The molecule has 0 amide bonds. The monoisotopic (exact) mass is 312 g/mol. The second-order valence-corrected chi connectivity index (χ2v) is 7.68. The fourth-order valence-corrected chi connectivity index (χ4v) is 4.82. The molecule has 4 unspecified atom stereocenters. The minimum absolute atomic E-state index is 0.0553. The maximum atomic E-state index is 12.8. The molecule has 114 valence electrons. The lowest BCUT2D eigenvalue weighted by atomic mass is 9.74. The van der Waals surface area contributed by atoms with Crippen molar-refractivity contribution >= 4 is 17.1 Å². The summed E-state index contributed by atoms with van der Waals surface area (Å²) in [7, 11) is 0. The van der Waals surface area contributed by atoms with Gasteiger partial charge in [-0.15, -0.1) is 11.3 Å². The highest BCUT2D eigenvalue weighted by molar-refractivity contribution is 7.12. The average molecular weight is 312 g/mol. The summed E-state index contributed by atoms with van der Waals surface area (Å²) in [6.07, 6.45) is 1.71. The molecule has 1 saturated carbocycles. The van der Waals surface area contributed by atoms with E-state index in [0.717, 1.165) is 6.42 Å². The standard InChI is InChI=1S/C18H20N2OS/c1-11-7-8-16(22-11)13-9-14-17(15(21)10-13)18(20-19-14)12-5-3-2-4-6-12/h2-8,13-14,17-20H,9-10H2,1H3. The van der Waals surface area contributed by atoms with Crippen LogP contribution in [0, 0.1) is 12.8 Å². The number of benzene rings is 1. The van der Waals surface area contributed by atoms with Crippen LogP contribution in [0.4, 0.5) is 0 Å². The molecule has 2 heterocycles. The average Bonchev–Trinajstić information content (AvgIpc) is 3.14. The van der Waals surface area contributed by atoms with E-state index >= 15 is 0 Å². The highest BCUT2D eigenvalue weighted by Gasteiger charge is 2.46. The number of hydrogen-bond acceptors (Lipinski definition) is 4. The quantitative estimate of drug-likeness (QED) is 0.893. The lowest BCUT2D eigenvalue weighted by Gasteiger charge is -2.31. The number of nitrogens with one attached hydrogen (secondary N) is 2. The molecule has 0 radical (unpaired) electrons. The van der Waals surface area contributed by atoms with E-state index < -0.39 is 0 Å². The zero-order valence-electron chi connectivity index (χ0n) is 12.6. The van der Waals surface area contributed by atoms with Gasteiger partial charge in [0.1, 0.15) is 5.78 Å². The maximum absolute atomic E-state index is 12.8. The number of rotatable bonds is 2. The van der Waals surface area contributed by atoms with E-state index in [4.69, 9.17) is 0 Å². The number of hydrogen-bond donors (Lipinski definition) is 2. The first kappa shape index (κ1) is 14.1. The summed E-state index contributed by atoms with van der Waals surface area (Å²) in [5, 5.41) is 0. The smallest absolute Gasteiger partial charge is 0.140 e. The van der Waals surface area contributed by atoms with Gasteiger partial charge in [0.2, 0.25) is 0 Å². The van der Waals surface area contributed by atoms with Crippen molar-refractivity contribution in [2.45, 2.75) is 37.8 Å². The summed E-state index contributed by atoms with van der Waals surface area (Å²) >= 11 is 1.83. The van der Waals surface area contributed by atoms with Gasteiger partial charge in [-0.25, -0.2) is 5.43 Å². The third-order valence-electron chi connectivity index (χ3n) is 4.90. The normalized spacial score (nSPS) is 31.2. The maximum Gasteiger partial charge on any atom is 0.140 e. The number of Topliss-reactive ketones (excluding diaryl/α,β-unsaturated/α-hetero) is 1. The van der Waals surface area contributed by atoms with E-state index in [-0.39, 0.29) is 18.0 Å².